The molecule has 2 saturated heterocycles. The van der Waals surface area contributed by atoms with E-state index >= 15 is 0 Å². The molecule has 2 nitrogen and oxygen atoms in total. The summed E-state index contributed by atoms with van der Waals surface area (Å²) in [5.41, 5.74) is 7.28. The number of nitrogens with two attached hydrogens (primary N) is 1. The summed E-state index contributed by atoms with van der Waals surface area (Å²) in [6.45, 7) is 3.52. The zero-order valence-electron chi connectivity index (χ0n) is 12.3. The molecule has 1 aliphatic carbocycles. The minimum absolute atomic E-state index is 0.363. The Morgan fingerprint density at radius 2 is 1.47 bits per heavy atom. The van der Waals surface area contributed by atoms with Gasteiger partial charge in [-0.3, -0.25) is 4.90 Å². The van der Waals surface area contributed by atoms with E-state index in [1.165, 1.54) is 82.4 Å². The lowest BCUT2D eigenvalue weighted by Crippen LogP contribution is -2.59. The number of nitrogens with zero attached hydrogens (tertiary/aromatic N) is 1. The Morgan fingerprint density at radius 1 is 0.842 bits per heavy atom. The summed E-state index contributed by atoms with van der Waals surface area (Å²) < 4.78 is 0. The summed E-state index contributed by atoms with van der Waals surface area (Å²) in [6, 6.07) is 0. The van der Waals surface area contributed by atoms with Crippen molar-refractivity contribution in [3.05, 3.63) is 0 Å². The van der Waals surface area contributed by atoms with Gasteiger partial charge in [-0.25, -0.2) is 0 Å². The van der Waals surface area contributed by atoms with Crippen LogP contribution in [0, 0.1) is 5.41 Å². The van der Waals surface area contributed by atoms with Gasteiger partial charge in [-0.2, -0.15) is 11.8 Å². The topological polar surface area (TPSA) is 29.3 Å². The molecular weight excluding hydrogens is 252 g/mol. The predicted octanol–water partition coefficient (Wildman–Crippen LogP) is 3.26. The molecule has 110 valence electrons. The lowest BCUT2D eigenvalue weighted by Gasteiger charge is -2.52. The van der Waals surface area contributed by atoms with Crippen molar-refractivity contribution in [2.45, 2.75) is 63.3 Å². The lowest BCUT2D eigenvalue weighted by molar-refractivity contribution is -0.000234. The maximum atomic E-state index is 6.19. The lowest BCUT2D eigenvalue weighted by atomic mass is 9.67. The van der Waals surface area contributed by atoms with Crippen LogP contribution in [-0.2, 0) is 0 Å². The molecule has 2 aliphatic heterocycles. The van der Waals surface area contributed by atoms with E-state index in [9.17, 15) is 0 Å². The smallest absolute Gasteiger partial charge is 0.0347 e. The van der Waals surface area contributed by atoms with Gasteiger partial charge in [0, 0.05) is 12.1 Å². The first-order valence-corrected chi connectivity index (χ1v) is 9.47. The van der Waals surface area contributed by atoms with Crippen LogP contribution < -0.4 is 5.73 Å². The highest BCUT2D eigenvalue weighted by molar-refractivity contribution is 7.99. The second-order valence-corrected chi connectivity index (χ2v) is 8.31. The van der Waals surface area contributed by atoms with E-state index in [-0.39, 0.29) is 0 Å². The number of thioether (sulfide) groups is 1. The van der Waals surface area contributed by atoms with E-state index in [0.717, 1.165) is 12.0 Å². The third-order valence-corrected chi connectivity index (χ3v) is 7.20. The van der Waals surface area contributed by atoms with E-state index < -0.39 is 0 Å². The summed E-state index contributed by atoms with van der Waals surface area (Å²) in [6.07, 6.45) is 13.0. The molecule has 3 heteroatoms. The summed E-state index contributed by atoms with van der Waals surface area (Å²) in [5, 5.41) is 0. The van der Waals surface area contributed by atoms with Gasteiger partial charge in [0.15, 0.2) is 0 Å². The van der Waals surface area contributed by atoms with Crippen molar-refractivity contribution in [3.63, 3.8) is 0 Å². The molecule has 19 heavy (non-hydrogen) atoms. The highest BCUT2D eigenvalue weighted by Crippen LogP contribution is 2.46. The SMILES string of the molecule is NCC1(N2CCC3(CCCCC3)CC2)CCSCC1. The fourth-order valence-electron chi connectivity index (χ4n) is 4.66. The van der Waals surface area contributed by atoms with E-state index in [1.807, 2.05) is 0 Å². The molecule has 0 radical (unpaired) electrons. The van der Waals surface area contributed by atoms with E-state index in [2.05, 4.69) is 16.7 Å². The van der Waals surface area contributed by atoms with Crippen molar-refractivity contribution >= 4 is 11.8 Å². The Hall–Kier alpha value is 0.270. The van der Waals surface area contributed by atoms with Gasteiger partial charge >= 0.3 is 0 Å². The van der Waals surface area contributed by atoms with Crippen LogP contribution in [0.25, 0.3) is 0 Å². The van der Waals surface area contributed by atoms with Gasteiger partial charge in [0.05, 0.1) is 0 Å². The fourth-order valence-corrected chi connectivity index (χ4v) is 5.91. The Kier molecular flexibility index (Phi) is 4.45. The van der Waals surface area contributed by atoms with Gasteiger partial charge < -0.3 is 5.73 Å². The molecule has 1 spiro atoms. The first kappa shape index (κ1) is 14.2. The van der Waals surface area contributed by atoms with Crippen LogP contribution in [-0.4, -0.2) is 41.6 Å². The molecule has 1 saturated carbocycles. The normalized spacial score (nSPS) is 31.4. The van der Waals surface area contributed by atoms with Gasteiger partial charge in [0.2, 0.25) is 0 Å². The third kappa shape index (κ3) is 2.84. The molecule has 0 atom stereocenters. The number of rotatable bonds is 2. The largest absolute Gasteiger partial charge is 0.329 e. The molecule has 2 heterocycles. The van der Waals surface area contributed by atoms with Crippen molar-refractivity contribution in [2.75, 3.05) is 31.1 Å². The van der Waals surface area contributed by atoms with Crippen LogP contribution in [0.2, 0.25) is 0 Å². The van der Waals surface area contributed by atoms with Gasteiger partial charge in [0.25, 0.3) is 0 Å². The molecule has 3 aliphatic rings. The Morgan fingerprint density at radius 3 is 2.05 bits per heavy atom. The summed E-state index contributed by atoms with van der Waals surface area (Å²) >= 11 is 2.12. The fraction of sp³-hybridized carbons (Fsp3) is 1.00. The zero-order chi connectivity index (χ0) is 13.2. The number of hydrogen-bond acceptors (Lipinski definition) is 3. The highest BCUT2D eigenvalue weighted by atomic mass is 32.2. The minimum atomic E-state index is 0.363. The number of hydrogen-bond donors (Lipinski definition) is 1. The predicted molar refractivity (Wildman–Crippen MR) is 84.7 cm³/mol. The van der Waals surface area contributed by atoms with Gasteiger partial charge in [-0.05, 0) is 68.5 Å². The number of likely N-dealkylation sites (tertiary alicyclic amines) is 1. The Balaban J connectivity index is 1.62. The monoisotopic (exact) mass is 282 g/mol. The molecule has 0 aromatic rings. The molecule has 3 fully saturated rings. The molecule has 0 aromatic heterocycles. The first-order valence-electron chi connectivity index (χ1n) is 8.32. The first-order chi connectivity index (χ1) is 9.29. The van der Waals surface area contributed by atoms with Crippen molar-refractivity contribution in [2.24, 2.45) is 11.1 Å². The van der Waals surface area contributed by atoms with Crippen molar-refractivity contribution in [1.82, 2.24) is 4.90 Å². The Bertz CT molecular complexity index is 283. The van der Waals surface area contributed by atoms with Crippen LogP contribution in [0.15, 0.2) is 0 Å². The van der Waals surface area contributed by atoms with Crippen LogP contribution in [0.4, 0.5) is 0 Å². The molecule has 3 rings (SSSR count). The van der Waals surface area contributed by atoms with Gasteiger partial charge in [0.1, 0.15) is 0 Å². The van der Waals surface area contributed by atoms with E-state index in [1.54, 1.807) is 0 Å². The standard InChI is InChI=1S/C16H30N2S/c17-14-16(8-12-19-13-9-16)18-10-6-15(7-11-18)4-2-1-3-5-15/h1-14,17H2. The van der Waals surface area contributed by atoms with E-state index in [4.69, 9.17) is 5.73 Å². The zero-order valence-corrected chi connectivity index (χ0v) is 13.1. The highest BCUT2D eigenvalue weighted by Gasteiger charge is 2.42. The molecule has 0 bridgehead atoms. The quantitative estimate of drug-likeness (QED) is 0.843. The molecule has 0 aromatic carbocycles. The third-order valence-electron chi connectivity index (χ3n) is 6.21. The molecule has 2 N–H and O–H groups in total. The summed E-state index contributed by atoms with van der Waals surface area (Å²) in [4.78, 5) is 2.78. The average molecular weight is 282 g/mol. The van der Waals surface area contributed by atoms with Crippen LogP contribution in [0.5, 0.6) is 0 Å². The summed E-state index contributed by atoms with van der Waals surface area (Å²) in [7, 11) is 0. The van der Waals surface area contributed by atoms with Crippen LogP contribution in [0.3, 0.4) is 0 Å². The second kappa shape index (κ2) is 5.95. The van der Waals surface area contributed by atoms with Crippen molar-refractivity contribution < 1.29 is 0 Å². The van der Waals surface area contributed by atoms with Crippen molar-refractivity contribution in [3.8, 4) is 0 Å². The maximum Gasteiger partial charge on any atom is 0.0347 e. The van der Waals surface area contributed by atoms with Gasteiger partial charge in [-0.15, -0.1) is 0 Å². The van der Waals surface area contributed by atoms with Gasteiger partial charge in [-0.1, -0.05) is 19.3 Å². The van der Waals surface area contributed by atoms with Crippen molar-refractivity contribution in [1.29, 1.82) is 0 Å². The molecule has 0 unspecified atom stereocenters. The maximum absolute atomic E-state index is 6.19. The number of piperidine rings is 1. The summed E-state index contributed by atoms with van der Waals surface area (Å²) in [5.74, 6) is 2.64. The molecule has 0 amide bonds. The van der Waals surface area contributed by atoms with E-state index in [0.29, 0.717) is 5.54 Å². The average Bonchev–Trinajstić information content (AvgIpc) is 2.49. The second-order valence-electron chi connectivity index (χ2n) is 7.09. The minimum Gasteiger partial charge on any atom is -0.329 e. The van der Waals surface area contributed by atoms with Crippen LogP contribution >= 0.6 is 11.8 Å². The van der Waals surface area contributed by atoms with Crippen LogP contribution in [0.1, 0.15) is 57.8 Å². The molecular formula is C16H30N2S. The Labute approximate surface area is 122 Å².